The average molecular weight is 227 g/mol. The van der Waals surface area contributed by atoms with Gasteiger partial charge in [-0.2, -0.15) is 0 Å². The van der Waals surface area contributed by atoms with Crippen molar-refractivity contribution in [2.75, 3.05) is 33.7 Å². The Morgan fingerprint density at radius 1 is 1.50 bits per heavy atom. The minimum Gasteiger partial charge on any atom is -0.338 e. The van der Waals surface area contributed by atoms with Crippen LogP contribution in [0.1, 0.15) is 26.7 Å². The van der Waals surface area contributed by atoms with E-state index in [0.717, 1.165) is 25.9 Å². The molecular weight excluding hydrogens is 202 g/mol. The van der Waals surface area contributed by atoms with Crippen molar-refractivity contribution >= 4 is 5.91 Å². The van der Waals surface area contributed by atoms with Crippen LogP contribution in [0.4, 0.5) is 0 Å². The van der Waals surface area contributed by atoms with Gasteiger partial charge in [0, 0.05) is 25.7 Å². The van der Waals surface area contributed by atoms with E-state index in [-0.39, 0.29) is 5.91 Å². The average Bonchev–Trinajstić information content (AvgIpc) is 2.63. The molecule has 1 unspecified atom stereocenters. The Hall–Kier alpha value is -0.610. The van der Waals surface area contributed by atoms with E-state index in [1.165, 1.54) is 0 Å². The van der Waals surface area contributed by atoms with Gasteiger partial charge in [0.05, 0.1) is 5.41 Å². The maximum absolute atomic E-state index is 12.3. The first-order valence-corrected chi connectivity index (χ1v) is 6.04. The van der Waals surface area contributed by atoms with Crippen LogP contribution in [0.2, 0.25) is 0 Å². The first-order chi connectivity index (χ1) is 7.38. The fourth-order valence-electron chi connectivity index (χ4n) is 2.19. The van der Waals surface area contributed by atoms with Crippen LogP contribution in [-0.4, -0.2) is 55.5 Å². The summed E-state index contributed by atoms with van der Waals surface area (Å²) in [5.41, 5.74) is 5.24. The molecule has 0 aromatic carbocycles. The highest BCUT2D eigenvalue weighted by Crippen LogP contribution is 2.25. The van der Waals surface area contributed by atoms with Gasteiger partial charge in [0.25, 0.3) is 0 Å². The summed E-state index contributed by atoms with van der Waals surface area (Å²) in [4.78, 5) is 16.5. The molecule has 1 aliphatic heterocycles. The van der Waals surface area contributed by atoms with Crippen molar-refractivity contribution in [3.8, 4) is 0 Å². The van der Waals surface area contributed by atoms with Crippen LogP contribution >= 0.6 is 0 Å². The Balaban J connectivity index is 2.68. The Bertz CT molecular complexity index is 251. The minimum atomic E-state index is -0.422. The number of nitrogens with two attached hydrogens (primary N) is 1. The van der Waals surface area contributed by atoms with E-state index in [1.54, 1.807) is 0 Å². The van der Waals surface area contributed by atoms with Gasteiger partial charge in [-0.1, -0.05) is 0 Å². The normalized spacial score (nSPS) is 21.9. The van der Waals surface area contributed by atoms with E-state index in [9.17, 15) is 4.79 Å². The molecule has 4 heteroatoms. The van der Waals surface area contributed by atoms with Gasteiger partial charge in [-0.25, -0.2) is 0 Å². The lowest BCUT2D eigenvalue weighted by atomic mass is 9.91. The topological polar surface area (TPSA) is 49.6 Å². The quantitative estimate of drug-likeness (QED) is 0.762. The molecule has 1 saturated heterocycles. The third-order valence-corrected chi connectivity index (χ3v) is 3.30. The van der Waals surface area contributed by atoms with E-state index in [1.807, 2.05) is 18.7 Å². The number of rotatable bonds is 4. The molecule has 16 heavy (non-hydrogen) atoms. The number of nitrogens with zero attached hydrogens (tertiary/aromatic N) is 2. The lowest BCUT2D eigenvalue weighted by Gasteiger charge is -2.33. The van der Waals surface area contributed by atoms with Crippen LogP contribution in [-0.2, 0) is 4.79 Å². The van der Waals surface area contributed by atoms with Crippen molar-refractivity contribution < 1.29 is 4.79 Å². The van der Waals surface area contributed by atoms with Gasteiger partial charge in [-0.3, -0.25) is 4.79 Å². The number of likely N-dealkylation sites (tertiary alicyclic amines) is 1. The second kappa shape index (κ2) is 5.15. The number of amides is 1. The van der Waals surface area contributed by atoms with Gasteiger partial charge < -0.3 is 15.5 Å². The van der Waals surface area contributed by atoms with Gasteiger partial charge in [0.2, 0.25) is 5.91 Å². The fourth-order valence-corrected chi connectivity index (χ4v) is 2.19. The van der Waals surface area contributed by atoms with Crippen molar-refractivity contribution in [1.29, 1.82) is 0 Å². The van der Waals surface area contributed by atoms with Crippen LogP contribution in [0.15, 0.2) is 0 Å². The molecule has 2 N–H and O–H groups in total. The van der Waals surface area contributed by atoms with Gasteiger partial charge >= 0.3 is 0 Å². The number of likely N-dealkylation sites (N-methyl/N-ethyl adjacent to an activating group) is 1. The summed E-state index contributed by atoms with van der Waals surface area (Å²) >= 11 is 0. The largest absolute Gasteiger partial charge is 0.338 e. The standard InChI is InChI=1S/C12H25N3O/c1-12(2,9-13)11(16)15-7-5-6-10(15)8-14(3)4/h10H,5-9,13H2,1-4H3. The molecule has 0 bridgehead atoms. The maximum Gasteiger partial charge on any atom is 0.229 e. The molecule has 0 aliphatic carbocycles. The third-order valence-electron chi connectivity index (χ3n) is 3.30. The predicted octanol–water partition coefficient (Wildman–Crippen LogP) is 0.524. The molecule has 1 heterocycles. The molecular formula is C12H25N3O. The van der Waals surface area contributed by atoms with Gasteiger partial charge in [-0.15, -0.1) is 0 Å². The molecule has 1 atom stereocenters. The highest BCUT2D eigenvalue weighted by atomic mass is 16.2. The summed E-state index contributed by atoms with van der Waals surface area (Å²) in [5.74, 6) is 0.208. The molecule has 1 amide bonds. The number of hydrogen-bond acceptors (Lipinski definition) is 3. The van der Waals surface area contributed by atoms with E-state index in [2.05, 4.69) is 19.0 Å². The molecule has 1 aliphatic rings. The van der Waals surface area contributed by atoms with Crippen molar-refractivity contribution in [2.45, 2.75) is 32.7 Å². The van der Waals surface area contributed by atoms with Crippen molar-refractivity contribution in [2.24, 2.45) is 11.1 Å². The van der Waals surface area contributed by atoms with Crippen LogP contribution in [0.3, 0.4) is 0 Å². The van der Waals surface area contributed by atoms with Crippen LogP contribution in [0.25, 0.3) is 0 Å². The number of hydrogen-bond donors (Lipinski definition) is 1. The number of carbonyl (C=O) groups excluding carboxylic acids is 1. The third kappa shape index (κ3) is 2.95. The van der Waals surface area contributed by atoms with Gasteiger partial charge in [0.15, 0.2) is 0 Å². The van der Waals surface area contributed by atoms with Gasteiger partial charge in [0.1, 0.15) is 0 Å². The zero-order chi connectivity index (χ0) is 12.3. The fraction of sp³-hybridized carbons (Fsp3) is 0.917. The van der Waals surface area contributed by atoms with Crippen molar-refractivity contribution in [3.05, 3.63) is 0 Å². The summed E-state index contributed by atoms with van der Waals surface area (Å²) in [6.45, 7) is 6.12. The predicted molar refractivity (Wildman–Crippen MR) is 66.1 cm³/mol. The molecule has 0 radical (unpaired) electrons. The Kier molecular flexibility index (Phi) is 4.33. The lowest BCUT2D eigenvalue weighted by Crippen LogP contribution is -2.49. The van der Waals surface area contributed by atoms with E-state index in [0.29, 0.717) is 12.6 Å². The SMILES string of the molecule is CN(C)CC1CCCN1C(=O)C(C)(C)CN. The molecule has 0 aromatic heterocycles. The molecule has 0 saturated carbocycles. The van der Waals surface area contributed by atoms with E-state index < -0.39 is 5.41 Å². The second-order valence-electron chi connectivity index (χ2n) is 5.64. The first-order valence-electron chi connectivity index (χ1n) is 6.04. The lowest BCUT2D eigenvalue weighted by molar-refractivity contribution is -0.140. The summed E-state index contributed by atoms with van der Waals surface area (Å²) in [5, 5.41) is 0. The summed E-state index contributed by atoms with van der Waals surface area (Å²) in [6, 6.07) is 0.369. The van der Waals surface area contributed by atoms with E-state index >= 15 is 0 Å². The summed E-state index contributed by atoms with van der Waals surface area (Å²) < 4.78 is 0. The van der Waals surface area contributed by atoms with Crippen LogP contribution < -0.4 is 5.73 Å². The molecule has 94 valence electrons. The molecule has 1 fully saturated rings. The first kappa shape index (κ1) is 13.5. The maximum atomic E-state index is 12.3. The highest BCUT2D eigenvalue weighted by molar-refractivity contribution is 5.82. The van der Waals surface area contributed by atoms with Crippen LogP contribution in [0.5, 0.6) is 0 Å². The molecule has 4 nitrogen and oxygen atoms in total. The van der Waals surface area contributed by atoms with Crippen molar-refractivity contribution in [3.63, 3.8) is 0 Å². The van der Waals surface area contributed by atoms with Crippen LogP contribution in [0, 0.1) is 5.41 Å². The van der Waals surface area contributed by atoms with Gasteiger partial charge in [-0.05, 0) is 40.8 Å². The number of carbonyl (C=O) groups is 1. The second-order valence-corrected chi connectivity index (χ2v) is 5.64. The molecule has 0 aromatic rings. The van der Waals surface area contributed by atoms with Crippen molar-refractivity contribution in [1.82, 2.24) is 9.80 Å². The highest BCUT2D eigenvalue weighted by Gasteiger charge is 2.36. The Labute approximate surface area is 98.8 Å². The summed E-state index contributed by atoms with van der Waals surface area (Å²) in [6.07, 6.45) is 2.23. The van der Waals surface area contributed by atoms with E-state index in [4.69, 9.17) is 5.73 Å². The zero-order valence-electron chi connectivity index (χ0n) is 11.0. The minimum absolute atomic E-state index is 0.208. The smallest absolute Gasteiger partial charge is 0.229 e. The zero-order valence-corrected chi connectivity index (χ0v) is 11.0. The molecule has 1 rings (SSSR count). The monoisotopic (exact) mass is 227 g/mol. The Morgan fingerprint density at radius 2 is 2.12 bits per heavy atom. The molecule has 0 spiro atoms. The summed E-state index contributed by atoms with van der Waals surface area (Å²) in [7, 11) is 4.10. The Morgan fingerprint density at radius 3 is 2.62 bits per heavy atom.